The minimum Gasteiger partial charge on any atom is -0.376 e. The number of carbonyl (C=O) groups is 1. The van der Waals surface area contributed by atoms with E-state index in [1.807, 2.05) is 17.5 Å². The zero-order chi connectivity index (χ0) is 14.9. The summed E-state index contributed by atoms with van der Waals surface area (Å²) >= 11 is 1.55. The highest BCUT2D eigenvalue weighted by atomic mass is 32.1. The Hall–Kier alpha value is -0.910. The predicted octanol–water partition coefficient (Wildman–Crippen LogP) is 2.46. The molecule has 1 amide bonds. The van der Waals surface area contributed by atoms with E-state index in [-0.39, 0.29) is 5.91 Å². The Morgan fingerprint density at radius 1 is 1.23 bits per heavy atom. The van der Waals surface area contributed by atoms with Crippen LogP contribution >= 0.6 is 11.3 Å². The number of rotatable bonds is 2. The summed E-state index contributed by atoms with van der Waals surface area (Å²) in [6.45, 7) is 4.92. The standard InChI is InChI=1S/C17H24N2O2S/c20-17(15-6-4-10-22-15)19-11-13-5-3-9-21-16(13)14(12-19)18-7-1-2-8-18/h4,6,10,13-14,16H,1-3,5,7-9,11-12H2/t13-,14+,16-/m0/s1. The van der Waals surface area contributed by atoms with Gasteiger partial charge in [-0.05, 0) is 50.2 Å². The van der Waals surface area contributed by atoms with Gasteiger partial charge in [-0.2, -0.15) is 0 Å². The molecule has 0 bridgehead atoms. The molecule has 4 nitrogen and oxygen atoms in total. The topological polar surface area (TPSA) is 32.8 Å². The van der Waals surface area contributed by atoms with Crippen molar-refractivity contribution in [3.63, 3.8) is 0 Å². The van der Waals surface area contributed by atoms with Gasteiger partial charge in [0.15, 0.2) is 0 Å². The van der Waals surface area contributed by atoms with Crippen LogP contribution in [0.5, 0.6) is 0 Å². The van der Waals surface area contributed by atoms with Crippen molar-refractivity contribution in [2.75, 3.05) is 32.8 Å². The summed E-state index contributed by atoms with van der Waals surface area (Å²) in [6, 6.07) is 4.30. The predicted molar refractivity (Wildman–Crippen MR) is 87.3 cm³/mol. The van der Waals surface area contributed by atoms with Gasteiger partial charge in [0, 0.05) is 25.6 Å². The van der Waals surface area contributed by atoms with Gasteiger partial charge in [-0.15, -0.1) is 11.3 Å². The van der Waals surface area contributed by atoms with Gasteiger partial charge in [-0.25, -0.2) is 0 Å². The van der Waals surface area contributed by atoms with E-state index in [0.29, 0.717) is 18.1 Å². The number of piperidine rings is 1. The highest BCUT2D eigenvalue weighted by molar-refractivity contribution is 7.12. The van der Waals surface area contributed by atoms with E-state index in [9.17, 15) is 4.79 Å². The van der Waals surface area contributed by atoms with Crippen LogP contribution in [0.25, 0.3) is 0 Å². The fourth-order valence-electron chi connectivity index (χ4n) is 4.29. The lowest BCUT2D eigenvalue weighted by Crippen LogP contribution is -2.61. The third-order valence-electron chi connectivity index (χ3n) is 5.36. The fourth-order valence-corrected chi connectivity index (χ4v) is 4.98. The summed E-state index contributed by atoms with van der Waals surface area (Å²) in [5.41, 5.74) is 0. The first kappa shape index (κ1) is 14.7. The Morgan fingerprint density at radius 3 is 2.86 bits per heavy atom. The maximum absolute atomic E-state index is 12.8. The molecule has 0 radical (unpaired) electrons. The quantitative estimate of drug-likeness (QED) is 0.839. The molecule has 22 heavy (non-hydrogen) atoms. The molecule has 0 spiro atoms. The van der Waals surface area contributed by atoms with Crippen LogP contribution in [-0.4, -0.2) is 60.6 Å². The average molecular weight is 320 g/mol. The van der Waals surface area contributed by atoms with Crippen LogP contribution in [0.15, 0.2) is 17.5 Å². The van der Waals surface area contributed by atoms with Crippen LogP contribution in [0.3, 0.4) is 0 Å². The number of likely N-dealkylation sites (tertiary alicyclic amines) is 2. The number of ether oxygens (including phenoxy) is 1. The van der Waals surface area contributed by atoms with Crippen molar-refractivity contribution >= 4 is 17.2 Å². The number of hydrogen-bond acceptors (Lipinski definition) is 4. The van der Waals surface area contributed by atoms with Crippen LogP contribution in [-0.2, 0) is 4.74 Å². The molecule has 120 valence electrons. The van der Waals surface area contributed by atoms with Gasteiger partial charge in [0.25, 0.3) is 5.91 Å². The molecule has 3 atom stereocenters. The molecule has 0 aromatic carbocycles. The van der Waals surface area contributed by atoms with E-state index in [1.54, 1.807) is 11.3 Å². The molecule has 0 unspecified atom stereocenters. The van der Waals surface area contributed by atoms with Crippen LogP contribution in [0.2, 0.25) is 0 Å². The number of amides is 1. The average Bonchev–Trinajstić information content (AvgIpc) is 3.26. The van der Waals surface area contributed by atoms with Crippen molar-refractivity contribution in [3.05, 3.63) is 22.4 Å². The molecule has 3 aliphatic rings. The minimum atomic E-state index is 0.211. The Balaban J connectivity index is 1.55. The van der Waals surface area contributed by atoms with Crippen LogP contribution < -0.4 is 0 Å². The van der Waals surface area contributed by atoms with Gasteiger partial charge in [0.1, 0.15) is 0 Å². The first-order valence-corrected chi connectivity index (χ1v) is 9.39. The molecule has 1 aromatic heterocycles. The molecule has 4 heterocycles. The molecule has 0 N–H and O–H groups in total. The summed E-state index contributed by atoms with van der Waals surface area (Å²) in [6.07, 6.45) is 5.23. The molecule has 0 aliphatic carbocycles. The van der Waals surface area contributed by atoms with Gasteiger partial charge in [0.2, 0.25) is 0 Å². The lowest BCUT2D eigenvalue weighted by atomic mass is 9.84. The molecule has 3 aliphatic heterocycles. The first-order valence-electron chi connectivity index (χ1n) is 8.51. The van der Waals surface area contributed by atoms with E-state index in [1.165, 1.54) is 19.3 Å². The molecule has 3 fully saturated rings. The van der Waals surface area contributed by atoms with Crippen molar-refractivity contribution in [3.8, 4) is 0 Å². The minimum absolute atomic E-state index is 0.211. The van der Waals surface area contributed by atoms with Gasteiger partial charge in [-0.1, -0.05) is 6.07 Å². The Bertz CT molecular complexity index is 513. The van der Waals surface area contributed by atoms with E-state index >= 15 is 0 Å². The Labute approximate surface area is 136 Å². The second-order valence-corrected chi connectivity index (χ2v) is 7.68. The summed E-state index contributed by atoms with van der Waals surface area (Å²) in [5.74, 6) is 0.722. The molecular weight excluding hydrogens is 296 g/mol. The number of thiophene rings is 1. The highest BCUT2D eigenvalue weighted by Crippen LogP contribution is 2.33. The zero-order valence-corrected chi connectivity index (χ0v) is 13.8. The van der Waals surface area contributed by atoms with Gasteiger partial charge < -0.3 is 9.64 Å². The Morgan fingerprint density at radius 2 is 2.09 bits per heavy atom. The fraction of sp³-hybridized carbons (Fsp3) is 0.706. The summed E-state index contributed by atoms with van der Waals surface area (Å²) in [7, 11) is 0. The molecule has 5 heteroatoms. The van der Waals surface area contributed by atoms with E-state index in [0.717, 1.165) is 44.1 Å². The highest BCUT2D eigenvalue weighted by Gasteiger charge is 2.43. The summed E-state index contributed by atoms with van der Waals surface area (Å²) in [4.78, 5) is 18.3. The van der Waals surface area contributed by atoms with Crippen LogP contribution in [0.4, 0.5) is 0 Å². The maximum atomic E-state index is 12.8. The lowest BCUT2D eigenvalue weighted by Gasteiger charge is -2.48. The molecule has 4 rings (SSSR count). The SMILES string of the molecule is O=C(c1cccs1)N1C[C@@H]2CCCO[C@@H]2[C@H](N2CCCC2)C1. The summed E-state index contributed by atoms with van der Waals surface area (Å²) in [5, 5.41) is 1.99. The van der Waals surface area contributed by atoms with Gasteiger partial charge in [0.05, 0.1) is 17.0 Å². The molecule has 0 saturated carbocycles. The number of fused-ring (bicyclic) bond motifs is 1. The number of carbonyl (C=O) groups excluding carboxylic acids is 1. The second-order valence-electron chi connectivity index (χ2n) is 6.74. The van der Waals surface area contributed by atoms with Gasteiger partial charge in [-0.3, -0.25) is 9.69 Å². The van der Waals surface area contributed by atoms with Crippen molar-refractivity contribution < 1.29 is 9.53 Å². The van der Waals surface area contributed by atoms with E-state index in [4.69, 9.17) is 4.74 Å². The molecule has 1 aromatic rings. The van der Waals surface area contributed by atoms with Crippen molar-refractivity contribution in [2.24, 2.45) is 5.92 Å². The smallest absolute Gasteiger partial charge is 0.263 e. The largest absolute Gasteiger partial charge is 0.376 e. The van der Waals surface area contributed by atoms with Gasteiger partial charge >= 0.3 is 0 Å². The Kier molecular flexibility index (Phi) is 4.20. The van der Waals surface area contributed by atoms with Crippen molar-refractivity contribution in [2.45, 2.75) is 37.8 Å². The normalized spacial score (nSPS) is 32.9. The van der Waals surface area contributed by atoms with Crippen molar-refractivity contribution in [1.29, 1.82) is 0 Å². The summed E-state index contributed by atoms with van der Waals surface area (Å²) < 4.78 is 6.15. The van der Waals surface area contributed by atoms with Crippen LogP contribution in [0, 0.1) is 5.92 Å². The monoisotopic (exact) mass is 320 g/mol. The third-order valence-corrected chi connectivity index (χ3v) is 6.22. The van der Waals surface area contributed by atoms with Crippen LogP contribution in [0.1, 0.15) is 35.4 Å². The second kappa shape index (κ2) is 6.30. The molecule has 3 saturated heterocycles. The van der Waals surface area contributed by atoms with E-state index in [2.05, 4.69) is 9.80 Å². The first-order chi connectivity index (χ1) is 10.8. The third kappa shape index (κ3) is 2.70. The van der Waals surface area contributed by atoms with Crippen molar-refractivity contribution in [1.82, 2.24) is 9.80 Å². The van der Waals surface area contributed by atoms with E-state index < -0.39 is 0 Å². The number of nitrogens with zero attached hydrogens (tertiary/aromatic N) is 2. The lowest BCUT2D eigenvalue weighted by molar-refractivity contribution is -0.104. The zero-order valence-electron chi connectivity index (χ0n) is 12.9. The maximum Gasteiger partial charge on any atom is 0.263 e. The molecular formula is C17H24N2O2S. The number of hydrogen-bond donors (Lipinski definition) is 0.